The van der Waals surface area contributed by atoms with E-state index in [1.807, 2.05) is 60.7 Å². The van der Waals surface area contributed by atoms with E-state index in [-0.39, 0.29) is 0 Å². The molecule has 47 heavy (non-hydrogen) atoms. The van der Waals surface area contributed by atoms with Gasteiger partial charge in [0, 0.05) is 0 Å². The molecule has 1 aromatic heterocycles. The van der Waals surface area contributed by atoms with E-state index in [2.05, 4.69) is 125 Å². The number of fused-ring (bicyclic) bond motifs is 1. The van der Waals surface area contributed by atoms with Crippen molar-refractivity contribution in [1.29, 1.82) is 0 Å². The number of hydrogen-bond acceptors (Lipinski definition) is 3. The van der Waals surface area contributed by atoms with E-state index in [4.69, 9.17) is 15.0 Å². The number of benzene rings is 7. The molecule has 221 valence electrons. The first-order chi connectivity index (χ1) is 23.2. The normalized spacial score (nSPS) is 11.1. The van der Waals surface area contributed by atoms with Gasteiger partial charge >= 0.3 is 271 Å². The predicted octanol–water partition coefficient (Wildman–Crippen LogP) is 9.82. The topological polar surface area (TPSA) is 38.7 Å². The summed E-state index contributed by atoms with van der Waals surface area (Å²) in [5.41, 5.74) is 9.79. The number of aromatic nitrogens is 3. The molecule has 7 aromatic carbocycles. The van der Waals surface area contributed by atoms with Crippen LogP contribution in [0.25, 0.3) is 78.3 Å². The van der Waals surface area contributed by atoms with Crippen LogP contribution in [-0.2, 0) is 0 Å². The van der Waals surface area contributed by atoms with Gasteiger partial charge in [0.05, 0.1) is 0 Å². The molecule has 0 fully saturated rings. The fraction of sp³-hybridized carbons (Fsp3) is 0. The zero-order chi connectivity index (χ0) is 31.6. The van der Waals surface area contributed by atoms with Gasteiger partial charge < -0.3 is 0 Å². The summed E-state index contributed by atoms with van der Waals surface area (Å²) < 4.78 is 1.10. The third-order valence-corrected chi connectivity index (χ3v) is 9.11. The van der Waals surface area contributed by atoms with Crippen LogP contribution in [0.15, 0.2) is 170 Å². The van der Waals surface area contributed by atoms with Gasteiger partial charge in [-0.1, -0.05) is 12.1 Å². The number of hydrogen-bond donors (Lipinski definition) is 0. The molecule has 0 bridgehead atoms. The Kier molecular flexibility index (Phi) is 7.72. The molecule has 0 saturated heterocycles. The van der Waals surface area contributed by atoms with Gasteiger partial charge in [-0.15, -0.1) is 0 Å². The van der Waals surface area contributed by atoms with Crippen molar-refractivity contribution in [3.8, 4) is 67.5 Å². The second-order valence-electron chi connectivity index (χ2n) is 11.4. The number of rotatable bonds is 6. The first kappa shape index (κ1) is 28.8. The van der Waals surface area contributed by atoms with E-state index in [9.17, 15) is 0 Å². The van der Waals surface area contributed by atoms with Crippen molar-refractivity contribution in [2.75, 3.05) is 0 Å². The average Bonchev–Trinajstić information content (AvgIpc) is 3.15. The summed E-state index contributed by atoms with van der Waals surface area (Å²) in [5.74, 6) is 1.93. The molecular formula is C43H28N3Se. The molecule has 0 N–H and O–H groups in total. The second kappa shape index (κ2) is 12.6. The van der Waals surface area contributed by atoms with Crippen LogP contribution in [0.3, 0.4) is 0 Å². The SMILES string of the molecule is [Se]c1cccc(-c2cc(-c3nc(-c4ccccc4)nc(-c4ccccc4)n3)c3ccccc3c2)c1-c1cccc(-c2ccccc2)c1. The maximum atomic E-state index is 5.10. The molecule has 3 nitrogen and oxygen atoms in total. The quantitative estimate of drug-likeness (QED) is 0.166. The van der Waals surface area contributed by atoms with Crippen molar-refractivity contribution < 1.29 is 0 Å². The Morgan fingerprint density at radius 2 is 0.872 bits per heavy atom. The summed E-state index contributed by atoms with van der Waals surface area (Å²) in [4.78, 5) is 15.1. The molecule has 0 spiro atoms. The van der Waals surface area contributed by atoms with Gasteiger partial charge in [0.15, 0.2) is 0 Å². The molecule has 0 unspecified atom stereocenters. The van der Waals surface area contributed by atoms with Crippen LogP contribution in [0, 0.1) is 0 Å². The van der Waals surface area contributed by atoms with Crippen molar-refractivity contribution in [1.82, 2.24) is 15.0 Å². The van der Waals surface area contributed by atoms with E-state index >= 15 is 0 Å². The summed E-state index contributed by atoms with van der Waals surface area (Å²) in [5, 5.41) is 2.21. The molecular weight excluding hydrogens is 637 g/mol. The monoisotopic (exact) mass is 666 g/mol. The Balaban J connectivity index is 1.35. The van der Waals surface area contributed by atoms with Crippen molar-refractivity contribution in [3.05, 3.63) is 170 Å². The molecule has 0 atom stereocenters. The van der Waals surface area contributed by atoms with Crippen LogP contribution >= 0.6 is 0 Å². The van der Waals surface area contributed by atoms with Gasteiger partial charge in [0.25, 0.3) is 0 Å². The molecule has 4 heteroatoms. The van der Waals surface area contributed by atoms with Gasteiger partial charge in [-0.2, -0.15) is 0 Å². The minimum atomic E-state index is 0.641. The summed E-state index contributed by atoms with van der Waals surface area (Å²) in [7, 11) is 0. The van der Waals surface area contributed by atoms with Gasteiger partial charge in [-0.25, -0.2) is 0 Å². The van der Waals surface area contributed by atoms with E-state index in [0.29, 0.717) is 17.5 Å². The summed E-state index contributed by atoms with van der Waals surface area (Å²) >= 11 is 3.34. The minimum absolute atomic E-state index is 0.641. The van der Waals surface area contributed by atoms with Gasteiger partial charge in [-0.05, 0) is 0 Å². The van der Waals surface area contributed by atoms with E-state index in [0.717, 1.165) is 54.2 Å². The zero-order valence-electron chi connectivity index (χ0n) is 25.4. The Labute approximate surface area is 282 Å². The van der Waals surface area contributed by atoms with Crippen LogP contribution < -0.4 is 4.46 Å². The fourth-order valence-electron chi connectivity index (χ4n) is 6.13. The molecule has 1 heterocycles. The average molecular weight is 666 g/mol. The van der Waals surface area contributed by atoms with Crippen molar-refractivity contribution in [3.63, 3.8) is 0 Å². The van der Waals surface area contributed by atoms with Crippen molar-refractivity contribution >= 4 is 31.2 Å². The van der Waals surface area contributed by atoms with Gasteiger partial charge in [0.2, 0.25) is 0 Å². The standard InChI is InChI=1S/C43H28N3Se/c47-39-25-13-24-37(40(39)34-22-12-21-32(26-34)29-14-4-1-5-15-29)35-27-33-20-10-11-23-36(33)38(28-35)43-45-41(30-16-6-2-7-17-30)44-42(46-43)31-18-8-3-9-19-31/h1-28H. The molecule has 0 saturated carbocycles. The summed E-state index contributed by atoms with van der Waals surface area (Å²) in [6.07, 6.45) is 0. The maximum absolute atomic E-state index is 5.10. The molecule has 0 aliphatic carbocycles. The Bertz CT molecular complexity index is 2300. The molecule has 8 aromatic rings. The Morgan fingerprint density at radius 1 is 0.340 bits per heavy atom. The van der Waals surface area contributed by atoms with Crippen LogP contribution in [0.1, 0.15) is 0 Å². The van der Waals surface area contributed by atoms with Gasteiger partial charge in [-0.3, -0.25) is 0 Å². The first-order valence-electron chi connectivity index (χ1n) is 15.6. The number of nitrogens with zero attached hydrogens (tertiary/aromatic N) is 3. The van der Waals surface area contributed by atoms with E-state index < -0.39 is 0 Å². The molecule has 0 aliphatic heterocycles. The van der Waals surface area contributed by atoms with Crippen LogP contribution in [-0.4, -0.2) is 31.0 Å². The van der Waals surface area contributed by atoms with Crippen LogP contribution in [0.4, 0.5) is 0 Å². The molecule has 8 rings (SSSR count). The van der Waals surface area contributed by atoms with Crippen molar-refractivity contribution in [2.45, 2.75) is 0 Å². The van der Waals surface area contributed by atoms with E-state index in [1.165, 1.54) is 11.1 Å². The third kappa shape index (κ3) is 5.77. The summed E-state index contributed by atoms with van der Waals surface area (Å²) in [6, 6.07) is 59.0. The molecule has 0 amide bonds. The fourth-order valence-corrected chi connectivity index (χ4v) is 6.78. The van der Waals surface area contributed by atoms with Crippen LogP contribution in [0.2, 0.25) is 0 Å². The van der Waals surface area contributed by atoms with E-state index in [1.54, 1.807) is 0 Å². The van der Waals surface area contributed by atoms with Crippen molar-refractivity contribution in [2.24, 2.45) is 0 Å². The summed E-state index contributed by atoms with van der Waals surface area (Å²) in [6.45, 7) is 0. The third-order valence-electron chi connectivity index (χ3n) is 8.40. The predicted molar refractivity (Wildman–Crippen MR) is 195 cm³/mol. The second-order valence-corrected chi connectivity index (χ2v) is 12.3. The molecule has 0 aliphatic rings. The zero-order valence-corrected chi connectivity index (χ0v) is 27.1. The Morgan fingerprint density at radius 3 is 1.55 bits per heavy atom. The molecule has 1 radical (unpaired) electrons. The Hall–Kier alpha value is -5.67. The van der Waals surface area contributed by atoms with Crippen LogP contribution in [0.5, 0.6) is 0 Å². The first-order valence-corrected chi connectivity index (χ1v) is 16.4. The van der Waals surface area contributed by atoms with Gasteiger partial charge in [0.1, 0.15) is 0 Å².